The monoisotopic (exact) mass is 423 g/mol. The van der Waals surface area contributed by atoms with E-state index in [0.29, 0.717) is 6.54 Å². The van der Waals surface area contributed by atoms with Crippen molar-refractivity contribution in [3.8, 4) is 0 Å². The number of thiophene rings is 1. The molecule has 158 valence electrons. The number of aromatic nitrogens is 2. The Bertz CT molecular complexity index is 1040. The Labute approximate surface area is 181 Å². The lowest BCUT2D eigenvalue weighted by atomic mass is 10.1. The SMILES string of the molecule is Cc1sc2ncnc(NC(C)C(=O)NCc3ccccc3CN3CCCC3)c2c1C. The average Bonchev–Trinajstić information content (AvgIpc) is 3.35. The van der Waals surface area contributed by atoms with Crippen LogP contribution >= 0.6 is 11.3 Å². The van der Waals surface area contributed by atoms with Crippen LogP contribution in [-0.2, 0) is 17.9 Å². The first kappa shape index (κ1) is 20.8. The van der Waals surface area contributed by atoms with Gasteiger partial charge in [-0.2, -0.15) is 0 Å². The van der Waals surface area contributed by atoms with Gasteiger partial charge >= 0.3 is 0 Å². The van der Waals surface area contributed by atoms with Crippen LogP contribution in [-0.4, -0.2) is 39.9 Å². The summed E-state index contributed by atoms with van der Waals surface area (Å²) in [5.74, 6) is 0.682. The lowest BCUT2D eigenvalue weighted by molar-refractivity contribution is -0.121. The number of hydrogen-bond acceptors (Lipinski definition) is 6. The van der Waals surface area contributed by atoms with E-state index in [1.165, 1.54) is 34.4 Å². The van der Waals surface area contributed by atoms with Gasteiger partial charge in [-0.1, -0.05) is 24.3 Å². The van der Waals surface area contributed by atoms with Crippen molar-refractivity contribution in [3.63, 3.8) is 0 Å². The minimum atomic E-state index is -0.395. The predicted octanol–water partition coefficient (Wildman–Crippen LogP) is 4.02. The number of amides is 1. The number of anilines is 1. The third-order valence-electron chi connectivity index (χ3n) is 5.88. The molecule has 0 spiro atoms. The molecule has 1 aliphatic heterocycles. The van der Waals surface area contributed by atoms with E-state index in [4.69, 9.17) is 0 Å². The molecule has 30 heavy (non-hydrogen) atoms. The Morgan fingerprint density at radius 1 is 1.17 bits per heavy atom. The summed E-state index contributed by atoms with van der Waals surface area (Å²) >= 11 is 1.65. The number of nitrogens with zero attached hydrogens (tertiary/aromatic N) is 3. The van der Waals surface area contributed by atoms with Crippen LogP contribution in [0.4, 0.5) is 5.82 Å². The van der Waals surface area contributed by atoms with Crippen LogP contribution in [0.25, 0.3) is 10.2 Å². The van der Waals surface area contributed by atoms with E-state index in [1.807, 2.05) is 13.0 Å². The number of carbonyl (C=O) groups excluding carboxylic acids is 1. The summed E-state index contributed by atoms with van der Waals surface area (Å²) in [6, 6.07) is 7.99. The van der Waals surface area contributed by atoms with Crippen LogP contribution in [0.1, 0.15) is 41.3 Å². The van der Waals surface area contributed by atoms with Gasteiger partial charge in [-0.3, -0.25) is 9.69 Å². The van der Waals surface area contributed by atoms with Gasteiger partial charge in [0.05, 0.1) is 5.39 Å². The Kier molecular flexibility index (Phi) is 6.29. The van der Waals surface area contributed by atoms with Crippen molar-refractivity contribution in [2.75, 3.05) is 18.4 Å². The molecule has 0 bridgehead atoms. The van der Waals surface area contributed by atoms with Crippen molar-refractivity contribution >= 4 is 33.3 Å². The standard InChI is InChI=1S/C23H29N5OS/c1-15-17(3)30-23-20(15)21(25-14-26-23)27-16(2)22(29)24-12-18-8-4-5-9-19(18)13-28-10-6-7-11-28/h4-5,8-9,14,16H,6-7,10-13H2,1-3H3,(H,24,29)(H,25,26,27). The maximum absolute atomic E-state index is 12.8. The molecule has 2 N–H and O–H groups in total. The number of nitrogens with one attached hydrogen (secondary N) is 2. The number of benzene rings is 1. The van der Waals surface area contributed by atoms with E-state index in [0.717, 1.165) is 35.7 Å². The van der Waals surface area contributed by atoms with Crippen molar-refractivity contribution in [1.29, 1.82) is 0 Å². The van der Waals surface area contributed by atoms with Gasteiger partial charge in [0.1, 0.15) is 23.0 Å². The van der Waals surface area contributed by atoms with Crippen molar-refractivity contribution in [2.24, 2.45) is 0 Å². The summed E-state index contributed by atoms with van der Waals surface area (Å²) in [5.41, 5.74) is 3.64. The number of fused-ring (bicyclic) bond motifs is 1. The second-order valence-electron chi connectivity index (χ2n) is 8.02. The highest BCUT2D eigenvalue weighted by Gasteiger charge is 2.18. The highest BCUT2D eigenvalue weighted by atomic mass is 32.1. The minimum Gasteiger partial charge on any atom is -0.358 e. The second-order valence-corrected chi connectivity index (χ2v) is 9.22. The quantitative estimate of drug-likeness (QED) is 0.601. The van der Waals surface area contributed by atoms with Crippen LogP contribution in [0.2, 0.25) is 0 Å². The maximum atomic E-state index is 12.8. The molecule has 3 heterocycles. The molecule has 0 saturated carbocycles. The summed E-state index contributed by atoms with van der Waals surface area (Å²) in [7, 11) is 0. The van der Waals surface area contributed by atoms with Crippen LogP contribution in [0.15, 0.2) is 30.6 Å². The highest BCUT2D eigenvalue weighted by molar-refractivity contribution is 7.18. The molecule has 1 aromatic carbocycles. The zero-order valence-corrected chi connectivity index (χ0v) is 18.7. The topological polar surface area (TPSA) is 70.1 Å². The van der Waals surface area contributed by atoms with Crippen LogP contribution in [0, 0.1) is 13.8 Å². The van der Waals surface area contributed by atoms with Gasteiger partial charge in [-0.25, -0.2) is 9.97 Å². The number of rotatable bonds is 7. The summed E-state index contributed by atoms with van der Waals surface area (Å²) in [6.07, 6.45) is 4.11. The maximum Gasteiger partial charge on any atom is 0.242 e. The molecule has 4 rings (SSSR count). The average molecular weight is 424 g/mol. The normalized spacial score (nSPS) is 15.4. The molecule has 0 aliphatic carbocycles. The molecule has 0 radical (unpaired) electrons. The van der Waals surface area contributed by atoms with Gasteiger partial charge < -0.3 is 10.6 Å². The Hall–Kier alpha value is -2.51. The van der Waals surface area contributed by atoms with Crippen molar-refractivity contribution in [3.05, 3.63) is 52.2 Å². The first-order chi connectivity index (χ1) is 14.5. The number of aryl methyl sites for hydroxylation is 2. The predicted molar refractivity (Wildman–Crippen MR) is 123 cm³/mol. The molecular weight excluding hydrogens is 394 g/mol. The number of carbonyl (C=O) groups is 1. The lowest BCUT2D eigenvalue weighted by Gasteiger charge is -2.19. The molecule has 1 atom stereocenters. The van der Waals surface area contributed by atoms with E-state index in [9.17, 15) is 4.79 Å². The zero-order chi connectivity index (χ0) is 21.1. The largest absolute Gasteiger partial charge is 0.358 e. The van der Waals surface area contributed by atoms with Crippen LogP contribution in [0.5, 0.6) is 0 Å². The molecule has 1 amide bonds. The molecule has 1 unspecified atom stereocenters. The number of hydrogen-bond donors (Lipinski definition) is 2. The van der Waals surface area contributed by atoms with Gasteiger partial charge in [0.25, 0.3) is 0 Å². The van der Waals surface area contributed by atoms with Gasteiger partial charge in [0.2, 0.25) is 5.91 Å². The summed E-state index contributed by atoms with van der Waals surface area (Å²) in [5, 5.41) is 7.38. The number of likely N-dealkylation sites (tertiary alicyclic amines) is 1. The van der Waals surface area contributed by atoms with Gasteiger partial charge in [-0.05, 0) is 63.4 Å². The molecule has 3 aromatic rings. The zero-order valence-electron chi connectivity index (χ0n) is 17.9. The molecule has 1 aliphatic rings. The Morgan fingerprint density at radius 2 is 1.90 bits per heavy atom. The molecule has 1 saturated heterocycles. The molecule has 1 fully saturated rings. The van der Waals surface area contributed by atoms with Gasteiger partial charge in [0.15, 0.2) is 0 Å². The molecular formula is C23H29N5OS. The Morgan fingerprint density at radius 3 is 2.67 bits per heavy atom. The molecule has 2 aromatic heterocycles. The molecule has 6 nitrogen and oxygen atoms in total. The first-order valence-corrected chi connectivity index (χ1v) is 11.4. The van der Waals surface area contributed by atoms with E-state index in [1.54, 1.807) is 17.7 Å². The van der Waals surface area contributed by atoms with Crippen LogP contribution in [0.3, 0.4) is 0 Å². The van der Waals surface area contributed by atoms with Crippen LogP contribution < -0.4 is 10.6 Å². The minimum absolute atomic E-state index is 0.0395. The first-order valence-electron chi connectivity index (χ1n) is 10.6. The van der Waals surface area contributed by atoms with E-state index in [-0.39, 0.29) is 5.91 Å². The smallest absolute Gasteiger partial charge is 0.242 e. The highest BCUT2D eigenvalue weighted by Crippen LogP contribution is 2.32. The van der Waals surface area contributed by atoms with Gasteiger partial charge in [-0.15, -0.1) is 11.3 Å². The van der Waals surface area contributed by atoms with Crippen molar-refractivity contribution in [1.82, 2.24) is 20.2 Å². The fraction of sp³-hybridized carbons (Fsp3) is 0.435. The summed E-state index contributed by atoms with van der Waals surface area (Å²) < 4.78 is 0. The summed E-state index contributed by atoms with van der Waals surface area (Å²) in [4.78, 5) is 26.2. The van der Waals surface area contributed by atoms with E-state index >= 15 is 0 Å². The second kappa shape index (κ2) is 9.10. The lowest BCUT2D eigenvalue weighted by Crippen LogP contribution is -2.37. The third kappa shape index (κ3) is 4.47. The Balaban J connectivity index is 1.40. The fourth-order valence-electron chi connectivity index (χ4n) is 3.96. The van der Waals surface area contributed by atoms with Crippen molar-refractivity contribution in [2.45, 2.75) is 52.7 Å². The van der Waals surface area contributed by atoms with Crippen molar-refractivity contribution < 1.29 is 4.79 Å². The van der Waals surface area contributed by atoms with E-state index < -0.39 is 6.04 Å². The fourth-order valence-corrected chi connectivity index (χ4v) is 4.96. The third-order valence-corrected chi connectivity index (χ3v) is 6.99. The van der Waals surface area contributed by atoms with E-state index in [2.05, 4.69) is 57.5 Å². The molecule has 7 heteroatoms. The summed E-state index contributed by atoms with van der Waals surface area (Å²) in [6.45, 7) is 9.84. The van der Waals surface area contributed by atoms with Gasteiger partial charge in [0, 0.05) is 18.0 Å².